The van der Waals surface area contributed by atoms with Crippen molar-refractivity contribution in [2.45, 2.75) is 17.6 Å². The second-order valence-electron chi connectivity index (χ2n) is 6.25. The summed E-state index contributed by atoms with van der Waals surface area (Å²) in [7, 11) is 0. The zero-order valence-electron chi connectivity index (χ0n) is 14.9. The molecule has 3 rings (SSSR count). The molecule has 0 N–H and O–H groups in total. The molecule has 0 aliphatic heterocycles. The number of rotatable bonds is 6. The van der Waals surface area contributed by atoms with E-state index in [0.717, 1.165) is 29.5 Å². The maximum absolute atomic E-state index is 14.0. The summed E-state index contributed by atoms with van der Waals surface area (Å²) >= 11 is 3.21. The third-order valence-electron chi connectivity index (χ3n) is 4.28. The molecular weight excluding hydrogens is 452 g/mol. The van der Waals surface area contributed by atoms with E-state index in [4.69, 9.17) is 4.74 Å². The Kier molecular flexibility index (Phi) is 6.37. The topological polar surface area (TPSA) is 26.3 Å². The van der Waals surface area contributed by atoms with Crippen molar-refractivity contribution in [3.05, 3.63) is 89.2 Å². The number of ether oxygens (including phenoxy) is 1. The van der Waals surface area contributed by atoms with Gasteiger partial charge in [0.1, 0.15) is 24.5 Å². The van der Waals surface area contributed by atoms with Crippen LogP contribution in [0, 0.1) is 5.82 Å². The number of hydrogen-bond acceptors (Lipinski definition) is 2. The van der Waals surface area contributed by atoms with Crippen LogP contribution in [0.4, 0.5) is 17.6 Å². The minimum absolute atomic E-state index is 0.0211. The van der Waals surface area contributed by atoms with E-state index >= 15 is 0 Å². The third-order valence-corrected chi connectivity index (χ3v) is 5.03. The summed E-state index contributed by atoms with van der Waals surface area (Å²) in [5, 5.41) is 0. The molecule has 0 radical (unpaired) electrons. The number of hydrogen-bond donors (Lipinski definition) is 0. The minimum atomic E-state index is -4.67. The second-order valence-corrected chi connectivity index (χ2v) is 7.24. The molecule has 0 bridgehead atoms. The van der Waals surface area contributed by atoms with Gasteiger partial charge in [0, 0.05) is 5.56 Å². The molecule has 0 saturated heterocycles. The first-order chi connectivity index (χ1) is 13.8. The van der Waals surface area contributed by atoms with Crippen molar-refractivity contribution in [2.75, 3.05) is 0 Å². The van der Waals surface area contributed by atoms with Crippen LogP contribution in [-0.4, -0.2) is 6.29 Å². The standard InChI is InChI=1S/C22H15BrF4O2/c23-20(12-28)15-7-5-14(6-8-15)13-29-16-9-10-17(19(11-16)22(25,26)27)18-3-1-2-4-21(18)24/h1-12,20H,13H2. The van der Waals surface area contributed by atoms with Gasteiger partial charge < -0.3 is 9.53 Å². The quantitative estimate of drug-likeness (QED) is 0.229. The van der Waals surface area contributed by atoms with E-state index in [9.17, 15) is 22.4 Å². The number of carbonyl (C=O) groups is 1. The molecule has 1 unspecified atom stereocenters. The molecule has 0 fully saturated rings. The number of carbonyl (C=O) groups excluding carboxylic acids is 1. The van der Waals surface area contributed by atoms with Crippen molar-refractivity contribution in [1.82, 2.24) is 0 Å². The zero-order valence-corrected chi connectivity index (χ0v) is 16.5. The summed E-state index contributed by atoms with van der Waals surface area (Å²) in [6.45, 7) is 0.0463. The van der Waals surface area contributed by atoms with Crippen LogP contribution in [-0.2, 0) is 17.6 Å². The van der Waals surface area contributed by atoms with Gasteiger partial charge >= 0.3 is 6.18 Å². The molecule has 29 heavy (non-hydrogen) atoms. The van der Waals surface area contributed by atoms with Gasteiger partial charge in [-0.25, -0.2) is 4.39 Å². The molecule has 0 saturated carbocycles. The van der Waals surface area contributed by atoms with Gasteiger partial charge in [-0.3, -0.25) is 0 Å². The van der Waals surface area contributed by atoms with E-state index in [1.54, 1.807) is 24.3 Å². The second kappa shape index (κ2) is 8.78. The molecule has 0 heterocycles. The van der Waals surface area contributed by atoms with Gasteiger partial charge in [-0.2, -0.15) is 13.2 Å². The summed E-state index contributed by atoms with van der Waals surface area (Å²) in [6, 6.07) is 15.7. The minimum Gasteiger partial charge on any atom is -0.489 e. The molecule has 0 amide bonds. The first-order valence-corrected chi connectivity index (χ1v) is 9.48. The predicted octanol–water partition coefficient (Wildman–Crippen LogP) is 6.73. The molecule has 0 aliphatic rings. The van der Waals surface area contributed by atoms with Crippen LogP contribution in [0.15, 0.2) is 66.7 Å². The van der Waals surface area contributed by atoms with E-state index in [2.05, 4.69) is 15.9 Å². The van der Waals surface area contributed by atoms with Gasteiger partial charge in [-0.05, 0) is 41.0 Å². The van der Waals surface area contributed by atoms with Gasteiger partial charge in [0.15, 0.2) is 0 Å². The van der Waals surface area contributed by atoms with Crippen molar-refractivity contribution in [1.29, 1.82) is 0 Å². The van der Waals surface area contributed by atoms with E-state index < -0.39 is 22.4 Å². The largest absolute Gasteiger partial charge is 0.489 e. The van der Waals surface area contributed by atoms with E-state index in [-0.39, 0.29) is 23.5 Å². The monoisotopic (exact) mass is 466 g/mol. The van der Waals surface area contributed by atoms with E-state index in [1.807, 2.05) is 0 Å². The molecule has 2 nitrogen and oxygen atoms in total. The SMILES string of the molecule is O=CC(Br)c1ccc(COc2ccc(-c3ccccc3F)c(C(F)(F)F)c2)cc1. The molecule has 150 valence electrons. The Bertz CT molecular complexity index is 1000. The summed E-state index contributed by atoms with van der Waals surface area (Å²) < 4.78 is 60.2. The van der Waals surface area contributed by atoms with Gasteiger partial charge in [0.2, 0.25) is 0 Å². The normalized spacial score (nSPS) is 12.4. The van der Waals surface area contributed by atoms with Crippen LogP contribution in [0.1, 0.15) is 21.5 Å². The fourth-order valence-corrected chi connectivity index (χ4v) is 3.11. The maximum atomic E-state index is 14.0. The van der Waals surface area contributed by atoms with Crippen LogP contribution in [0.3, 0.4) is 0 Å². The Hall–Kier alpha value is -2.67. The fourth-order valence-electron chi connectivity index (χ4n) is 2.81. The fraction of sp³-hybridized carbons (Fsp3) is 0.136. The lowest BCUT2D eigenvalue weighted by Crippen LogP contribution is -2.08. The van der Waals surface area contributed by atoms with Gasteiger partial charge in [-0.15, -0.1) is 0 Å². The Morgan fingerprint density at radius 1 is 0.966 bits per heavy atom. The average Bonchev–Trinajstić information content (AvgIpc) is 2.72. The van der Waals surface area contributed by atoms with E-state index in [1.165, 1.54) is 30.3 Å². The summed E-state index contributed by atoms with van der Waals surface area (Å²) in [5.41, 5.74) is 0.151. The molecule has 0 aliphatic carbocycles. The Morgan fingerprint density at radius 2 is 1.66 bits per heavy atom. The Labute approximate surface area is 173 Å². The van der Waals surface area contributed by atoms with Crippen LogP contribution in [0.5, 0.6) is 5.75 Å². The van der Waals surface area contributed by atoms with E-state index in [0.29, 0.717) is 0 Å². The Morgan fingerprint density at radius 3 is 2.28 bits per heavy atom. The lowest BCUT2D eigenvalue weighted by atomic mass is 9.98. The van der Waals surface area contributed by atoms with Crippen molar-refractivity contribution in [3.63, 3.8) is 0 Å². The zero-order chi connectivity index (χ0) is 21.0. The van der Waals surface area contributed by atoms with Gasteiger partial charge in [0.25, 0.3) is 0 Å². The number of benzene rings is 3. The van der Waals surface area contributed by atoms with Gasteiger partial charge in [0.05, 0.1) is 10.4 Å². The summed E-state index contributed by atoms with van der Waals surface area (Å²) in [5.74, 6) is -0.708. The highest BCUT2D eigenvalue weighted by Gasteiger charge is 2.34. The maximum Gasteiger partial charge on any atom is 0.417 e. The Balaban J connectivity index is 1.84. The summed E-state index contributed by atoms with van der Waals surface area (Å²) in [6.07, 6.45) is -3.92. The first-order valence-electron chi connectivity index (χ1n) is 8.56. The van der Waals surface area contributed by atoms with Crippen LogP contribution < -0.4 is 4.74 Å². The molecular formula is C22H15BrF4O2. The van der Waals surface area contributed by atoms with Crippen molar-refractivity contribution < 1.29 is 27.1 Å². The first kappa shape index (κ1) is 21.0. The lowest BCUT2D eigenvalue weighted by molar-refractivity contribution is -0.137. The molecule has 1 atom stereocenters. The predicted molar refractivity (Wildman–Crippen MR) is 105 cm³/mol. The highest BCUT2D eigenvalue weighted by atomic mass is 79.9. The summed E-state index contributed by atoms with van der Waals surface area (Å²) in [4.78, 5) is 10.4. The molecule has 3 aromatic carbocycles. The van der Waals surface area contributed by atoms with Crippen LogP contribution in [0.2, 0.25) is 0 Å². The molecule has 0 spiro atoms. The molecule has 7 heteroatoms. The highest BCUT2D eigenvalue weighted by molar-refractivity contribution is 9.09. The average molecular weight is 467 g/mol. The van der Waals surface area contributed by atoms with Crippen LogP contribution in [0.25, 0.3) is 11.1 Å². The van der Waals surface area contributed by atoms with Crippen molar-refractivity contribution in [2.24, 2.45) is 0 Å². The van der Waals surface area contributed by atoms with Gasteiger partial charge in [-0.1, -0.05) is 58.4 Å². The number of aldehydes is 1. The third kappa shape index (κ3) is 5.03. The lowest BCUT2D eigenvalue weighted by Gasteiger charge is -2.16. The number of alkyl halides is 4. The van der Waals surface area contributed by atoms with Crippen LogP contribution >= 0.6 is 15.9 Å². The number of halogens is 5. The van der Waals surface area contributed by atoms with Crippen molar-refractivity contribution >= 4 is 22.2 Å². The highest BCUT2D eigenvalue weighted by Crippen LogP contribution is 2.40. The smallest absolute Gasteiger partial charge is 0.417 e. The molecule has 3 aromatic rings. The molecule has 0 aromatic heterocycles. The van der Waals surface area contributed by atoms with Crippen molar-refractivity contribution in [3.8, 4) is 16.9 Å².